The molecule has 1 aliphatic heterocycles. The first kappa shape index (κ1) is 18.9. The van der Waals surface area contributed by atoms with Gasteiger partial charge >= 0.3 is 0 Å². The molecule has 0 spiro atoms. The van der Waals surface area contributed by atoms with Crippen molar-refractivity contribution in [1.82, 2.24) is 4.90 Å². The van der Waals surface area contributed by atoms with Crippen molar-refractivity contribution < 1.29 is 14.0 Å². The van der Waals surface area contributed by atoms with Crippen LogP contribution in [-0.2, 0) is 0 Å². The van der Waals surface area contributed by atoms with Gasteiger partial charge in [0, 0.05) is 44.1 Å². The number of likely N-dealkylation sites (tertiary alicyclic amines) is 1. The normalized spacial score (nSPS) is 14.0. The molecule has 2 aromatic carbocycles. The molecule has 1 fully saturated rings. The van der Waals surface area contributed by atoms with Gasteiger partial charge in [0.2, 0.25) is 0 Å². The van der Waals surface area contributed by atoms with Crippen LogP contribution in [0.15, 0.2) is 42.5 Å². The van der Waals surface area contributed by atoms with Crippen molar-refractivity contribution in [1.29, 1.82) is 0 Å². The van der Waals surface area contributed by atoms with Gasteiger partial charge in [0.15, 0.2) is 0 Å². The summed E-state index contributed by atoms with van der Waals surface area (Å²) in [6.07, 6.45) is 3.19. The van der Waals surface area contributed by atoms with E-state index in [4.69, 9.17) is 0 Å². The minimum absolute atomic E-state index is 0.0173. The molecule has 5 nitrogen and oxygen atoms in total. The van der Waals surface area contributed by atoms with E-state index in [2.05, 4.69) is 5.32 Å². The molecule has 0 aliphatic carbocycles. The Kier molecular flexibility index (Phi) is 5.74. The van der Waals surface area contributed by atoms with Crippen LogP contribution in [0.3, 0.4) is 0 Å². The number of hydrogen-bond acceptors (Lipinski definition) is 3. The third-order valence-corrected chi connectivity index (χ3v) is 4.72. The first-order valence-electron chi connectivity index (χ1n) is 9.13. The number of piperidine rings is 1. The number of nitrogens with one attached hydrogen (secondary N) is 1. The van der Waals surface area contributed by atoms with E-state index in [0.717, 1.165) is 38.0 Å². The van der Waals surface area contributed by atoms with E-state index in [1.54, 1.807) is 12.1 Å². The minimum Gasteiger partial charge on any atom is -0.377 e. The second-order valence-corrected chi connectivity index (χ2v) is 6.94. The smallest absolute Gasteiger partial charge is 0.256 e. The molecule has 0 radical (unpaired) electrons. The summed E-state index contributed by atoms with van der Waals surface area (Å²) in [7, 11) is 3.78. The molecule has 6 heteroatoms. The molecule has 0 aromatic heterocycles. The number of amides is 2. The van der Waals surface area contributed by atoms with Crippen molar-refractivity contribution in [2.24, 2.45) is 0 Å². The molecular formula is C21H24FN3O2. The largest absolute Gasteiger partial charge is 0.377 e. The van der Waals surface area contributed by atoms with Crippen LogP contribution in [0.2, 0.25) is 0 Å². The first-order chi connectivity index (χ1) is 13.0. The molecule has 2 aromatic rings. The molecule has 1 aliphatic rings. The molecule has 142 valence electrons. The SMILES string of the molecule is CN(C)c1ccc(NC(=O)c2ccc(F)cc2)cc1C(=O)N1CCCCC1. The van der Waals surface area contributed by atoms with E-state index < -0.39 is 5.82 Å². The average Bonchev–Trinajstić information content (AvgIpc) is 2.68. The summed E-state index contributed by atoms with van der Waals surface area (Å²) in [5, 5.41) is 2.79. The average molecular weight is 369 g/mol. The van der Waals surface area contributed by atoms with Crippen molar-refractivity contribution in [2.45, 2.75) is 19.3 Å². The van der Waals surface area contributed by atoms with Crippen LogP contribution >= 0.6 is 0 Å². The number of benzene rings is 2. The lowest BCUT2D eigenvalue weighted by Crippen LogP contribution is -2.36. The van der Waals surface area contributed by atoms with Crippen molar-refractivity contribution in [2.75, 3.05) is 37.4 Å². The predicted molar refractivity (Wildman–Crippen MR) is 105 cm³/mol. The van der Waals surface area contributed by atoms with Crippen molar-refractivity contribution in [3.8, 4) is 0 Å². The topological polar surface area (TPSA) is 52.7 Å². The molecule has 2 amide bonds. The maximum absolute atomic E-state index is 13.0. The number of nitrogens with zero attached hydrogens (tertiary/aromatic N) is 2. The monoisotopic (exact) mass is 369 g/mol. The van der Waals surface area contributed by atoms with Crippen LogP contribution < -0.4 is 10.2 Å². The predicted octanol–water partition coefficient (Wildman–Crippen LogP) is 3.77. The van der Waals surface area contributed by atoms with Crippen molar-refractivity contribution in [3.63, 3.8) is 0 Å². The van der Waals surface area contributed by atoms with Gasteiger partial charge in [-0.05, 0) is 61.7 Å². The van der Waals surface area contributed by atoms with Gasteiger partial charge in [0.1, 0.15) is 5.82 Å². The fraction of sp³-hybridized carbons (Fsp3) is 0.333. The number of anilines is 2. The molecule has 0 bridgehead atoms. The van der Waals surface area contributed by atoms with Gasteiger partial charge in [-0.15, -0.1) is 0 Å². The van der Waals surface area contributed by atoms with E-state index in [-0.39, 0.29) is 11.8 Å². The number of carbonyl (C=O) groups excluding carboxylic acids is 2. The van der Waals surface area contributed by atoms with Crippen LogP contribution in [0.4, 0.5) is 15.8 Å². The van der Waals surface area contributed by atoms with Gasteiger partial charge in [-0.1, -0.05) is 0 Å². The number of hydrogen-bond donors (Lipinski definition) is 1. The highest BCUT2D eigenvalue weighted by atomic mass is 19.1. The first-order valence-corrected chi connectivity index (χ1v) is 9.13. The maximum atomic E-state index is 13.0. The quantitative estimate of drug-likeness (QED) is 0.893. The molecule has 1 N–H and O–H groups in total. The van der Waals surface area contributed by atoms with Gasteiger partial charge < -0.3 is 15.1 Å². The number of halogens is 1. The summed E-state index contributed by atoms with van der Waals surface area (Å²) in [6.45, 7) is 1.52. The Labute approximate surface area is 158 Å². The zero-order valence-electron chi connectivity index (χ0n) is 15.7. The van der Waals surface area contributed by atoms with Gasteiger partial charge in [-0.25, -0.2) is 4.39 Å². The van der Waals surface area contributed by atoms with Gasteiger partial charge in [-0.3, -0.25) is 9.59 Å². The molecule has 1 heterocycles. The highest BCUT2D eigenvalue weighted by molar-refractivity contribution is 6.06. The molecule has 0 atom stereocenters. The van der Waals surface area contributed by atoms with Crippen LogP contribution in [0, 0.1) is 5.82 Å². The fourth-order valence-corrected chi connectivity index (χ4v) is 3.25. The Morgan fingerprint density at radius 1 is 1.00 bits per heavy atom. The summed E-state index contributed by atoms with van der Waals surface area (Å²) in [6, 6.07) is 10.7. The number of carbonyl (C=O) groups is 2. The minimum atomic E-state index is -0.392. The Hall–Kier alpha value is -2.89. The lowest BCUT2D eigenvalue weighted by atomic mass is 10.1. The van der Waals surface area contributed by atoms with Crippen LogP contribution in [0.5, 0.6) is 0 Å². The Balaban J connectivity index is 1.85. The molecule has 0 saturated carbocycles. The van der Waals surface area contributed by atoms with Crippen LogP contribution in [-0.4, -0.2) is 43.9 Å². The van der Waals surface area contributed by atoms with Crippen LogP contribution in [0.1, 0.15) is 40.0 Å². The number of rotatable bonds is 4. The van der Waals surface area contributed by atoms with E-state index in [1.165, 1.54) is 24.3 Å². The molecule has 3 rings (SSSR count). The summed E-state index contributed by atoms with van der Waals surface area (Å²) in [5.41, 5.74) is 2.27. The summed E-state index contributed by atoms with van der Waals surface area (Å²) >= 11 is 0. The lowest BCUT2D eigenvalue weighted by Gasteiger charge is -2.28. The second-order valence-electron chi connectivity index (χ2n) is 6.94. The van der Waals surface area contributed by atoms with Gasteiger partial charge in [0.25, 0.3) is 11.8 Å². The third kappa shape index (κ3) is 4.45. The Bertz CT molecular complexity index is 828. The Morgan fingerprint density at radius 2 is 1.67 bits per heavy atom. The summed E-state index contributed by atoms with van der Waals surface area (Å²) < 4.78 is 13.0. The molecule has 0 unspecified atom stereocenters. The van der Waals surface area contributed by atoms with E-state index >= 15 is 0 Å². The van der Waals surface area contributed by atoms with E-state index in [1.807, 2.05) is 30.0 Å². The van der Waals surface area contributed by atoms with Crippen molar-refractivity contribution >= 4 is 23.2 Å². The van der Waals surface area contributed by atoms with E-state index in [0.29, 0.717) is 16.8 Å². The standard InChI is InChI=1S/C21H24FN3O2/c1-24(2)19-11-10-17(23-20(26)15-6-8-16(22)9-7-15)14-18(19)21(27)25-12-4-3-5-13-25/h6-11,14H,3-5,12-13H2,1-2H3,(H,23,26). The third-order valence-electron chi connectivity index (χ3n) is 4.72. The Morgan fingerprint density at radius 3 is 2.30 bits per heavy atom. The molecule has 1 saturated heterocycles. The molecular weight excluding hydrogens is 345 g/mol. The van der Waals surface area contributed by atoms with Gasteiger partial charge in [-0.2, -0.15) is 0 Å². The second kappa shape index (κ2) is 8.20. The summed E-state index contributed by atoms with van der Waals surface area (Å²) in [4.78, 5) is 29.2. The fourth-order valence-electron chi connectivity index (χ4n) is 3.25. The zero-order valence-corrected chi connectivity index (χ0v) is 15.7. The van der Waals surface area contributed by atoms with E-state index in [9.17, 15) is 14.0 Å². The lowest BCUT2D eigenvalue weighted by molar-refractivity contribution is 0.0724. The molecule has 27 heavy (non-hydrogen) atoms. The highest BCUT2D eigenvalue weighted by Gasteiger charge is 2.22. The summed E-state index contributed by atoms with van der Waals surface area (Å²) in [5.74, 6) is -0.753. The maximum Gasteiger partial charge on any atom is 0.256 e. The zero-order chi connectivity index (χ0) is 19.4. The van der Waals surface area contributed by atoms with Crippen LogP contribution in [0.25, 0.3) is 0 Å². The highest BCUT2D eigenvalue weighted by Crippen LogP contribution is 2.26. The van der Waals surface area contributed by atoms with Gasteiger partial charge in [0.05, 0.1) is 5.56 Å². The van der Waals surface area contributed by atoms with Crippen molar-refractivity contribution in [3.05, 3.63) is 59.4 Å².